The lowest BCUT2D eigenvalue weighted by Gasteiger charge is -2.21. The van der Waals surface area contributed by atoms with Crippen molar-refractivity contribution in [3.63, 3.8) is 0 Å². The molecule has 0 spiro atoms. The zero-order valence-electron chi connectivity index (χ0n) is 9.97. The van der Waals surface area contributed by atoms with E-state index in [-0.39, 0.29) is 0 Å². The highest BCUT2D eigenvalue weighted by atomic mass is 16.4. The first-order valence-corrected chi connectivity index (χ1v) is 5.51. The van der Waals surface area contributed by atoms with Crippen LogP contribution in [0, 0.1) is 6.92 Å². The van der Waals surface area contributed by atoms with Crippen LogP contribution in [0.2, 0.25) is 0 Å². The van der Waals surface area contributed by atoms with E-state index in [1.807, 2.05) is 19.1 Å². The molecule has 0 saturated heterocycles. The van der Waals surface area contributed by atoms with E-state index < -0.39 is 5.60 Å². The molecular weight excluding hydrogens is 216 g/mol. The molecule has 1 unspecified atom stereocenters. The highest BCUT2D eigenvalue weighted by molar-refractivity contribution is 5.43. The smallest absolute Gasteiger partial charge is 0.136 e. The van der Waals surface area contributed by atoms with Crippen LogP contribution in [0.15, 0.2) is 41.1 Å². The summed E-state index contributed by atoms with van der Waals surface area (Å²) in [5.74, 6) is 0.552. The Balaban J connectivity index is 2.03. The second-order valence-corrected chi connectivity index (χ2v) is 4.29. The van der Waals surface area contributed by atoms with Crippen LogP contribution in [0.1, 0.15) is 18.4 Å². The third-order valence-electron chi connectivity index (χ3n) is 2.59. The Kier molecular flexibility index (Phi) is 3.15. The number of furan rings is 1. The Bertz CT molecular complexity index is 478. The maximum atomic E-state index is 10.2. The summed E-state index contributed by atoms with van der Waals surface area (Å²) in [6.45, 7) is 4.02. The van der Waals surface area contributed by atoms with Gasteiger partial charge in [0.15, 0.2) is 0 Å². The fraction of sp³-hybridized carbons (Fsp3) is 0.308. The number of rotatable bonds is 4. The van der Waals surface area contributed by atoms with Gasteiger partial charge in [0.05, 0.1) is 12.8 Å². The molecule has 2 N–H and O–H groups in total. The van der Waals surface area contributed by atoms with Crippen molar-refractivity contribution in [3.8, 4) is 0 Å². The highest BCUT2D eigenvalue weighted by Crippen LogP contribution is 2.21. The lowest BCUT2D eigenvalue weighted by Crippen LogP contribution is -2.30. The molecule has 4 heteroatoms. The molecule has 0 radical (unpaired) electrons. The SMILES string of the molecule is Cc1cc(NCC(C)(O)c2ccco2)ccn1. The van der Waals surface area contributed by atoms with Crippen molar-refractivity contribution in [1.29, 1.82) is 0 Å². The van der Waals surface area contributed by atoms with Crippen molar-refractivity contribution < 1.29 is 9.52 Å². The molecule has 0 saturated carbocycles. The van der Waals surface area contributed by atoms with E-state index in [2.05, 4.69) is 10.3 Å². The number of aliphatic hydroxyl groups is 1. The van der Waals surface area contributed by atoms with Gasteiger partial charge in [0, 0.05) is 17.6 Å². The van der Waals surface area contributed by atoms with Crippen LogP contribution >= 0.6 is 0 Å². The summed E-state index contributed by atoms with van der Waals surface area (Å²) in [6, 6.07) is 7.32. The van der Waals surface area contributed by atoms with Crippen LogP contribution in [0.3, 0.4) is 0 Å². The summed E-state index contributed by atoms with van der Waals surface area (Å²) in [5.41, 5.74) is 0.845. The van der Waals surface area contributed by atoms with Gasteiger partial charge in [-0.25, -0.2) is 0 Å². The van der Waals surface area contributed by atoms with E-state index in [4.69, 9.17) is 4.42 Å². The molecule has 1 atom stereocenters. The van der Waals surface area contributed by atoms with Crippen LogP contribution in [0.5, 0.6) is 0 Å². The zero-order chi connectivity index (χ0) is 12.3. The van der Waals surface area contributed by atoms with Gasteiger partial charge in [0.1, 0.15) is 11.4 Å². The van der Waals surface area contributed by atoms with Gasteiger partial charge in [-0.05, 0) is 38.1 Å². The normalized spacial score (nSPS) is 14.3. The van der Waals surface area contributed by atoms with Gasteiger partial charge >= 0.3 is 0 Å². The fourth-order valence-electron chi connectivity index (χ4n) is 1.60. The molecule has 4 nitrogen and oxygen atoms in total. The molecule has 0 fully saturated rings. The van der Waals surface area contributed by atoms with E-state index in [0.29, 0.717) is 12.3 Å². The zero-order valence-corrected chi connectivity index (χ0v) is 9.97. The van der Waals surface area contributed by atoms with Crippen molar-refractivity contribution in [2.75, 3.05) is 11.9 Å². The number of aryl methyl sites for hydroxylation is 1. The molecule has 0 amide bonds. The predicted molar refractivity (Wildman–Crippen MR) is 65.7 cm³/mol. The first-order chi connectivity index (χ1) is 8.08. The average molecular weight is 232 g/mol. The molecule has 0 aromatic carbocycles. The minimum absolute atomic E-state index is 0.379. The molecule has 17 heavy (non-hydrogen) atoms. The van der Waals surface area contributed by atoms with Gasteiger partial charge in [0.2, 0.25) is 0 Å². The summed E-state index contributed by atoms with van der Waals surface area (Å²) in [5, 5.41) is 13.4. The van der Waals surface area contributed by atoms with E-state index in [1.54, 1.807) is 31.5 Å². The Morgan fingerprint density at radius 2 is 2.29 bits per heavy atom. The molecule has 0 aliphatic carbocycles. The van der Waals surface area contributed by atoms with E-state index in [1.165, 1.54) is 0 Å². The molecule has 0 bridgehead atoms. The summed E-state index contributed by atoms with van der Waals surface area (Å²) >= 11 is 0. The van der Waals surface area contributed by atoms with E-state index in [0.717, 1.165) is 11.4 Å². The summed E-state index contributed by atoms with van der Waals surface area (Å²) in [6.07, 6.45) is 3.29. The molecule has 2 rings (SSSR count). The highest BCUT2D eigenvalue weighted by Gasteiger charge is 2.25. The molecule has 0 aliphatic heterocycles. The Hall–Kier alpha value is -1.81. The lowest BCUT2D eigenvalue weighted by molar-refractivity contribution is 0.0476. The number of hydrogen-bond acceptors (Lipinski definition) is 4. The average Bonchev–Trinajstić information content (AvgIpc) is 2.81. The topological polar surface area (TPSA) is 58.3 Å². The van der Waals surface area contributed by atoms with Crippen LogP contribution in [-0.2, 0) is 5.60 Å². The summed E-state index contributed by atoms with van der Waals surface area (Å²) in [4.78, 5) is 4.11. The van der Waals surface area contributed by atoms with Gasteiger partial charge < -0.3 is 14.8 Å². The second kappa shape index (κ2) is 4.59. The van der Waals surface area contributed by atoms with Crippen LogP contribution in [0.4, 0.5) is 5.69 Å². The maximum absolute atomic E-state index is 10.2. The molecule has 90 valence electrons. The van der Waals surface area contributed by atoms with E-state index in [9.17, 15) is 5.11 Å². The molecule has 0 aliphatic rings. The minimum Gasteiger partial charge on any atom is -0.466 e. The molecule has 2 heterocycles. The first-order valence-electron chi connectivity index (χ1n) is 5.51. The number of nitrogens with zero attached hydrogens (tertiary/aromatic N) is 1. The van der Waals surface area contributed by atoms with Crippen molar-refractivity contribution in [2.24, 2.45) is 0 Å². The monoisotopic (exact) mass is 232 g/mol. The first kappa shape index (κ1) is 11.7. The molecular formula is C13H16N2O2. The van der Waals surface area contributed by atoms with E-state index >= 15 is 0 Å². The standard InChI is InChI=1S/C13H16N2O2/c1-10-8-11(5-6-14-10)15-9-13(2,16)12-4-3-7-17-12/h3-8,16H,9H2,1-2H3,(H,14,15). The Morgan fingerprint density at radius 3 is 2.94 bits per heavy atom. The van der Waals surface area contributed by atoms with Crippen LogP contribution < -0.4 is 5.32 Å². The Labute approximate surface area is 100 Å². The number of nitrogens with one attached hydrogen (secondary N) is 1. The fourth-order valence-corrected chi connectivity index (χ4v) is 1.60. The van der Waals surface area contributed by atoms with Gasteiger partial charge in [0.25, 0.3) is 0 Å². The van der Waals surface area contributed by atoms with Crippen molar-refractivity contribution >= 4 is 5.69 Å². The Morgan fingerprint density at radius 1 is 1.47 bits per heavy atom. The third-order valence-corrected chi connectivity index (χ3v) is 2.59. The second-order valence-electron chi connectivity index (χ2n) is 4.29. The minimum atomic E-state index is -1.03. The number of anilines is 1. The van der Waals surface area contributed by atoms with Crippen molar-refractivity contribution in [2.45, 2.75) is 19.4 Å². The number of hydrogen-bond donors (Lipinski definition) is 2. The molecule has 2 aromatic heterocycles. The van der Waals surface area contributed by atoms with Gasteiger partial charge in [-0.15, -0.1) is 0 Å². The maximum Gasteiger partial charge on any atom is 0.136 e. The van der Waals surface area contributed by atoms with Crippen molar-refractivity contribution in [3.05, 3.63) is 48.2 Å². The van der Waals surface area contributed by atoms with Gasteiger partial charge in [-0.2, -0.15) is 0 Å². The number of pyridine rings is 1. The third kappa shape index (κ3) is 2.85. The van der Waals surface area contributed by atoms with Gasteiger partial charge in [-0.1, -0.05) is 0 Å². The quantitative estimate of drug-likeness (QED) is 0.849. The van der Waals surface area contributed by atoms with Crippen molar-refractivity contribution in [1.82, 2.24) is 4.98 Å². The summed E-state index contributed by atoms with van der Waals surface area (Å²) < 4.78 is 5.21. The summed E-state index contributed by atoms with van der Waals surface area (Å²) in [7, 11) is 0. The number of aromatic nitrogens is 1. The predicted octanol–water partition coefficient (Wildman–Crippen LogP) is 2.30. The van der Waals surface area contributed by atoms with Gasteiger partial charge in [-0.3, -0.25) is 4.98 Å². The van der Waals surface area contributed by atoms with Crippen LogP contribution in [-0.4, -0.2) is 16.6 Å². The lowest BCUT2D eigenvalue weighted by atomic mass is 10.0. The van der Waals surface area contributed by atoms with Crippen LogP contribution in [0.25, 0.3) is 0 Å². The largest absolute Gasteiger partial charge is 0.466 e. The molecule has 2 aromatic rings.